The fourth-order valence-electron chi connectivity index (χ4n) is 3.07. The summed E-state index contributed by atoms with van der Waals surface area (Å²) in [6.07, 6.45) is 3.73. The van der Waals surface area contributed by atoms with Crippen LogP contribution in [-0.4, -0.2) is 37.9 Å². The standard InChI is InChI=1S/C16H24N2O2/c1-2-3-4-14(18-9-7-17-8-10-18)13-5-6-15-16(11-13)20-12-19-15/h5-6,11,14,17H,2-4,7-10,12H2,1H3/t14-/m0/s1. The zero-order valence-electron chi connectivity index (χ0n) is 12.2. The molecule has 1 saturated heterocycles. The van der Waals surface area contributed by atoms with Crippen molar-refractivity contribution in [2.45, 2.75) is 32.2 Å². The zero-order valence-corrected chi connectivity index (χ0v) is 12.2. The number of hydrogen-bond donors (Lipinski definition) is 1. The third-order valence-electron chi connectivity index (χ3n) is 4.20. The Balaban J connectivity index is 1.80. The molecule has 110 valence electrons. The van der Waals surface area contributed by atoms with Crippen molar-refractivity contribution in [3.63, 3.8) is 0 Å². The first kappa shape index (κ1) is 13.7. The van der Waals surface area contributed by atoms with Gasteiger partial charge in [0.15, 0.2) is 11.5 Å². The Kier molecular flexibility index (Phi) is 4.43. The third-order valence-corrected chi connectivity index (χ3v) is 4.20. The van der Waals surface area contributed by atoms with Crippen LogP contribution < -0.4 is 14.8 Å². The number of hydrogen-bond acceptors (Lipinski definition) is 4. The summed E-state index contributed by atoms with van der Waals surface area (Å²) in [5.41, 5.74) is 1.37. The normalized spacial score (nSPS) is 20.1. The van der Waals surface area contributed by atoms with Gasteiger partial charge in [-0.25, -0.2) is 0 Å². The summed E-state index contributed by atoms with van der Waals surface area (Å²) in [4.78, 5) is 2.60. The topological polar surface area (TPSA) is 33.7 Å². The van der Waals surface area contributed by atoms with Crippen molar-refractivity contribution in [2.24, 2.45) is 0 Å². The molecule has 20 heavy (non-hydrogen) atoms. The third kappa shape index (κ3) is 2.91. The Bertz CT molecular complexity index is 444. The van der Waals surface area contributed by atoms with Crippen molar-refractivity contribution in [3.8, 4) is 11.5 Å². The van der Waals surface area contributed by atoms with Crippen LogP contribution in [0.5, 0.6) is 11.5 Å². The summed E-state index contributed by atoms with van der Waals surface area (Å²) >= 11 is 0. The largest absolute Gasteiger partial charge is 0.454 e. The van der Waals surface area contributed by atoms with Crippen molar-refractivity contribution in [3.05, 3.63) is 23.8 Å². The first-order valence-electron chi connectivity index (χ1n) is 7.73. The molecule has 1 aromatic carbocycles. The van der Waals surface area contributed by atoms with Crippen LogP contribution in [0.4, 0.5) is 0 Å². The van der Waals surface area contributed by atoms with Crippen LogP contribution in [-0.2, 0) is 0 Å². The van der Waals surface area contributed by atoms with Crippen molar-refractivity contribution >= 4 is 0 Å². The second-order valence-corrected chi connectivity index (χ2v) is 5.56. The molecule has 0 aliphatic carbocycles. The van der Waals surface area contributed by atoms with E-state index in [4.69, 9.17) is 9.47 Å². The van der Waals surface area contributed by atoms with E-state index >= 15 is 0 Å². The maximum absolute atomic E-state index is 5.53. The fourth-order valence-corrected chi connectivity index (χ4v) is 3.07. The van der Waals surface area contributed by atoms with Crippen molar-refractivity contribution in [2.75, 3.05) is 33.0 Å². The number of nitrogens with zero attached hydrogens (tertiary/aromatic N) is 1. The highest BCUT2D eigenvalue weighted by Gasteiger charge is 2.24. The molecular formula is C16H24N2O2. The highest BCUT2D eigenvalue weighted by Crippen LogP contribution is 2.36. The molecule has 0 radical (unpaired) electrons. The molecule has 0 unspecified atom stereocenters. The van der Waals surface area contributed by atoms with E-state index < -0.39 is 0 Å². The lowest BCUT2D eigenvalue weighted by Gasteiger charge is -2.35. The zero-order chi connectivity index (χ0) is 13.8. The molecule has 0 saturated carbocycles. The van der Waals surface area contributed by atoms with Gasteiger partial charge < -0.3 is 14.8 Å². The van der Waals surface area contributed by atoms with Crippen LogP contribution in [0.3, 0.4) is 0 Å². The smallest absolute Gasteiger partial charge is 0.231 e. The van der Waals surface area contributed by atoms with Gasteiger partial charge in [0.1, 0.15) is 0 Å². The summed E-state index contributed by atoms with van der Waals surface area (Å²) < 4.78 is 10.9. The van der Waals surface area contributed by atoms with Gasteiger partial charge in [-0.15, -0.1) is 0 Å². The van der Waals surface area contributed by atoms with Gasteiger partial charge in [0.25, 0.3) is 0 Å². The molecule has 0 amide bonds. The number of piperazine rings is 1. The van der Waals surface area contributed by atoms with Gasteiger partial charge in [-0.2, -0.15) is 0 Å². The Hall–Kier alpha value is -1.26. The minimum absolute atomic E-state index is 0.353. The summed E-state index contributed by atoms with van der Waals surface area (Å²) in [5, 5.41) is 3.43. The van der Waals surface area contributed by atoms with Crippen molar-refractivity contribution in [1.29, 1.82) is 0 Å². The molecule has 2 aliphatic heterocycles. The SMILES string of the molecule is CCCC[C@@H](c1ccc2c(c1)OCO2)N1CCNCC1. The summed E-state index contributed by atoms with van der Waals surface area (Å²) in [6, 6.07) is 6.94. The van der Waals surface area contributed by atoms with Gasteiger partial charge in [-0.1, -0.05) is 25.8 Å². The van der Waals surface area contributed by atoms with Gasteiger partial charge in [-0.05, 0) is 24.1 Å². The van der Waals surface area contributed by atoms with Gasteiger partial charge in [0.05, 0.1) is 0 Å². The number of unbranched alkanes of at least 4 members (excludes halogenated alkanes) is 1. The molecular weight excluding hydrogens is 252 g/mol. The van der Waals surface area contributed by atoms with Crippen molar-refractivity contribution < 1.29 is 9.47 Å². The minimum Gasteiger partial charge on any atom is -0.454 e. The number of ether oxygens (including phenoxy) is 2. The number of rotatable bonds is 5. The van der Waals surface area contributed by atoms with E-state index in [9.17, 15) is 0 Å². The van der Waals surface area contributed by atoms with Gasteiger partial charge in [0, 0.05) is 32.2 Å². The first-order chi connectivity index (χ1) is 9.88. The van der Waals surface area contributed by atoms with E-state index in [0.29, 0.717) is 12.8 Å². The van der Waals surface area contributed by atoms with Crippen LogP contribution >= 0.6 is 0 Å². The second kappa shape index (κ2) is 6.46. The van der Waals surface area contributed by atoms with Crippen LogP contribution in [0.25, 0.3) is 0 Å². The van der Waals surface area contributed by atoms with E-state index in [1.807, 2.05) is 0 Å². The minimum atomic E-state index is 0.353. The number of benzene rings is 1. The molecule has 0 bridgehead atoms. The average molecular weight is 276 g/mol. The summed E-state index contributed by atoms with van der Waals surface area (Å²) in [7, 11) is 0. The van der Waals surface area contributed by atoms with Crippen LogP contribution in [0.15, 0.2) is 18.2 Å². The summed E-state index contributed by atoms with van der Waals surface area (Å²) in [6.45, 7) is 7.05. The summed E-state index contributed by atoms with van der Waals surface area (Å²) in [5.74, 6) is 1.78. The predicted molar refractivity (Wildman–Crippen MR) is 79.3 cm³/mol. The number of fused-ring (bicyclic) bond motifs is 1. The Labute approximate surface area is 121 Å². The first-order valence-corrected chi connectivity index (χ1v) is 7.73. The quantitative estimate of drug-likeness (QED) is 0.896. The lowest BCUT2D eigenvalue weighted by atomic mass is 9.98. The molecule has 2 heterocycles. The van der Waals surface area contributed by atoms with Crippen molar-refractivity contribution in [1.82, 2.24) is 10.2 Å². The maximum atomic E-state index is 5.53. The second-order valence-electron chi connectivity index (χ2n) is 5.56. The number of nitrogens with one attached hydrogen (secondary N) is 1. The van der Waals surface area contributed by atoms with Gasteiger partial charge >= 0.3 is 0 Å². The molecule has 0 spiro atoms. The van der Waals surface area contributed by atoms with Gasteiger partial charge in [-0.3, -0.25) is 4.90 Å². The van der Waals surface area contributed by atoms with Crippen LogP contribution in [0, 0.1) is 0 Å². The molecule has 3 rings (SSSR count). The highest BCUT2D eigenvalue weighted by molar-refractivity contribution is 5.45. The van der Waals surface area contributed by atoms with E-state index in [1.54, 1.807) is 0 Å². The Morgan fingerprint density at radius 2 is 2.00 bits per heavy atom. The maximum Gasteiger partial charge on any atom is 0.231 e. The van der Waals surface area contributed by atoms with E-state index in [-0.39, 0.29) is 0 Å². The monoisotopic (exact) mass is 276 g/mol. The lowest BCUT2D eigenvalue weighted by Crippen LogP contribution is -2.45. The molecule has 1 fully saturated rings. The van der Waals surface area contributed by atoms with Gasteiger partial charge in [0.2, 0.25) is 6.79 Å². The van der Waals surface area contributed by atoms with E-state index in [0.717, 1.165) is 37.7 Å². The van der Waals surface area contributed by atoms with E-state index in [2.05, 4.69) is 35.3 Å². The van der Waals surface area contributed by atoms with Crippen LogP contribution in [0.2, 0.25) is 0 Å². The lowest BCUT2D eigenvalue weighted by molar-refractivity contribution is 0.162. The molecule has 2 aliphatic rings. The van der Waals surface area contributed by atoms with Crippen LogP contribution in [0.1, 0.15) is 37.8 Å². The van der Waals surface area contributed by atoms with E-state index in [1.165, 1.54) is 24.8 Å². The Morgan fingerprint density at radius 1 is 1.20 bits per heavy atom. The predicted octanol–water partition coefficient (Wildman–Crippen LogP) is 2.55. The highest BCUT2D eigenvalue weighted by atomic mass is 16.7. The Morgan fingerprint density at radius 3 is 2.80 bits per heavy atom. The molecule has 1 aromatic rings. The molecule has 0 aromatic heterocycles. The molecule has 4 nitrogen and oxygen atoms in total. The molecule has 1 atom stereocenters. The molecule has 1 N–H and O–H groups in total. The average Bonchev–Trinajstić information content (AvgIpc) is 2.96. The molecule has 4 heteroatoms. The fraction of sp³-hybridized carbons (Fsp3) is 0.625.